The van der Waals surface area contributed by atoms with Gasteiger partial charge in [-0.25, -0.2) is 0 Å². The molecule has 2 fully saturated rings. The monoisotopic (exact) mass is 322 g/mol. The van der Waals surface area contributed by atoms with Gasteiger partial charge < -0.3 is 18.9 Å². The van der Waals surface area contributed by atoms with Gasteiger partial charge in [-0.05, 0) is 18.9 Å². The van der Waals surface area contributed by atoms with Gasteiger partial charge in [-0.3, -0.25) is 0 Å². The van der Waals surface area contributed by atoms with Crippen LogP contribution < -0.4 is 0 Å². The van der Waals surface area contributed by atoms with Crippen LogP contribution in [0.2, 0.25) is 18.1 Å². The predicted octanol–water partition coefficient (Wildman–Crippen LogP) is 2.75. The van der Waals surface area contributed by atoms with E-state index in [9.17, 15) is 0 Å². The summed E-state index contributed by atoms with van der Waals surface area (Å²) >= 11 is 6.18. The van der Waals surface area contributed by atoms with Crippen molar-refractivity contribution in [2.45, 2.75) is 75.5 Å². The molecule has 4 atom stereocenters. The molecule has 0 aromatic heterocycles. The molecular weight excluding hydrogens is 296 g/mol. The third-order valence-electron chi connectivity index (χ3n) is 4.41. The van der Waals surface area contributed by atoms with Crippen LogP contribution >= 0.6 is 11.6 Å². The Hall–Kier alpha value is 0.347. The largest absolute Gasteiger partial charge is 0.378 e. The van der Waals surface area contributed by atoms with Gasteiger partial charge in [-0.1, -0.05) is 38.5 Å². The zero-order valence-corrected chi connectivity index (χ0v) is 15.2. The summed E-state index contributed by atoms with van der Waals surface area (Å²) in [6, 6.07) is 0. The Bertz CT molecular complexity index is 348. The fourth-order valence-electron chi connectivity index (χ4n) is 2.37. The topological polar surface area (TPSA) is 36.9 Å². The molecule has 2 aliphatic heterocycles. The SMILES string of the molecule is C[SiH](C)C(C)(C)COC[C@H]1O[C@H](Cl)[C@@H]2OC(C)(C)O[C@@H]21. The van der Waals surface area contributed by atoms with E-state index >= 15 is 0 Å². The Morgan fingerprint density at radius 2 is 1.80 bits per heavy atom. The molecule has 0 saturated carbocycles. The third-order valence-corrected chi connectivity index (χ3v) is 8.06. The Morgan fingerprint density at radius 1 is 1.20 bits per heavy atom. The molecule has 2 rings (SSSR count). The van der Waals surface area contributed by atoms with Gasteiger partial charge in [0.1, 0.15) is 18.3 Å². The first-order chi connectivity index (χ1) is 9.12. The molecule has 20 heavy (non-hydrogen) atoms. The second-order valence-electron chi connectivity index (χ2n) is 7.25. The summed E-state index contributed by atoms with van der Waals surface area (Å²) in [4.78, 5) is 0. The van der Waals surface area contributed by atoms with E-state index in [1.165, 1.54) is 0 Å². The number of hydrogen-bond donors (Lipinski definition) is 0. The summed E-state index contributed by atoms with van der Waals surface area (Å²) in [7, 11) is -0.750. The number of rotatable bonds is 5. The van der Waals surface area contributed by atoms with Crippen molar-refractivity contribution < 1.29 is 18.9 Å². The summed E-state index contributed by atoms with van der Waals surface area (Å²) < 4.78 is 23.2. The van der Waals surface area contributed by atoms with Crippen LogP contribution in [0.15, 0.2) is 0 Å². The van der Waals surface area contributed by atoms with Gasteiger partial charge in [0.2, 0.25) is 0 Å². The Kier molecular flexibility index (Phi) is 4.89. The summed E-state index contributed by atoms with van der Waals surface area (Å²) in [6.07, 6.45) is -0.478. The second kappa shape index (κ2) is 5.86. The third kappa shape index (κ3) is 3.57. The highest BCUT2D eigenvalue weighted by molar-refractivity contribution is 6.59. The highest BCUT2D eigenvalue weighted by Crippen LogP contribution is 2.40. The van der Waals surface area contributed by atoms with Crippen LogP contribution in [0.1, 0.15) is 27.7 Å². The molecule has 118 valence electrons. The van der Waals surface area contributed by atoms with E-state index in [1.54, 1.807) is 0 Å². The standard InChI is InChI=1S/C14H27ClO4Si/c1-13(2,20(5)6)8-16-7-9-10-11(12(15)17-9)19-14(3,4)18-10/h9-12,20H,7-8H2,1-6H3/t9-,10-,11-,12+/m1/s1. The van der Waals surface area contributed by atoms with Crippen LogP contribution in [0.3, 0.4) is 0 Å². The zero-order valence-electron chi connectivity index (χ0n) is 13.3. The molecule has 6 heteroatoms. The highest BCUT2D eigenvalue weighted by atomic mass is 35.5. The first-order valence-electron chi connectivity index (χ1n) is 7.35. The van der Waals surface area contributed by atoms with E-state index in [1.807, 2.05) is 13.8 Å². The predicted molar refractivity (Wildman–Crippen MR) is 82.1 cm³/mol. The molecule has 2 aliphatic rings. The van der Waals surface area contributed by atoms with Crippen molar-refractivity contribution in [2.75, 3.05) is 13.2 Å². The van der Waals surface area contributed by atoms with E-state index < -0.39 is 20.1 Å². The normalized spacial score (nSPS) is 36.6. The van der Waals surface area contributed by atoms with Crippen LogP contribution in [0.5, 0.6) is 0 Å². The van der Waals surface area contributed by atoms with Crippen molar-refractivity contribution in [3.8, 4) is 0 Å². The van der Waals surface area contributed by atoms with Gasteiger partial charge >= 0.3 is 0 Å². The van der Waals surface area contributed by atoms with E-state index in [0.29, 0.717) is 6.61 Å². The minimum atomic E-state index is -0.750. The Labute approximate surface area is 128 Å². The molecule has 0 unspecified atom stereocenters. The van der Waals surface area contributed by atoms with E-state index in [4.69, 9.17) is 30.5 Å². The summed E-state index contributed by atoms with van der Waals surface area (Å²) in [6.45, 7) is 14.3. The fraction of sp³-hybridized carbons (Fsp3) is 1.00. The van der Waals surface area contributed by atoms with Crippen LogP contribution in [0.4, 0.5) is 0 Å². The lowest BCUT2D eigenvalue weighted by molar-refractivity contribution is -0.184. The first kappa shape index (κ1) is 16.7. The minimum absolute atomic E-state index is 0.132. The lowest BCUT2D eigenvalue weighted by Crippen LogP contribution is -2.34. The molecule has 0 radical (unpaired) electrons. The molecule has 0 aromatic carbocycles. The van der Waals surface area contributed by atoms with Crippen LogP contribution in [0, 0.1) is 0 Å². The van der Waals surface area contributed by atoms with E-state index in [2.05, 4.69) is 26.9 Å². The average molecular weight is 323 g/mol. The molecule has 0 aliphatic carbocycles. The van der Waals surface area contributed by atoms with Crippen LogP contribution in [0.25, 0.3) is 0 Å². The number of hydrogen-bond acceptors (Lipinski definition) is 4. The Balaban J connectivity index is 1.85. The lowest BCUT2D eigenvalue weighted by Gasteiger charge is -2.29. The van der Waals surface area contributed by atoms with Crippen molar-refractivity contribution >= 4 is 20.4 Å². The van der Waals surface area contributed by atoms with Crippen LogP contribution in [-0.2, 0) is 18.9 Å². The molecule has 4 nitrogen and oxygen atoms in total. The van der Waals surface area contributed by atoms with Gasteiger partial charge in [0.25, 0.3) is 0 Å². The summed E-state index contributed by atoms with van der Waals surface area (Å²) in [5.41, 5.74) is -0.456. The van der Waals surface area contributed by atoms with Crippen molar-refractivity contribution in [1.29, 1.82) is 0 Å². The molecule has 2 saturated heterocycles. The maximum atomic E-state index is 6.18. The zero-order chi connectivity index (χ0) is 15.1. The van der Waals surface area contributed by atoms with Gasteiger partial charge in [0, 0.05) is 15.4 Å². The van der Waals surface area contributed by atoms with Crippen molar-refractivity contribution in [2.24, 2.45) is 0 Å². The van der Waals surface area contributed by atoms with Gasteiger partial charge in [0.15, 0.2) is 11.4 Å². The van der Waals surface area contributed by atoms with Gasteiger partial charge in [-0.2, -0.15) is 0 Å². The van der Waals surface area contributed by atoms with Crippen molar-refractivity contribution in [3.63, 3.8) is 0 Å². The van der Waals surface area contributed by atoms with Crippen molar-refractivity contribution in [1.82, 2.24) is 0 Å². The average Bonchev–Trinajstić information content (AvgIpc) is 2.75. The van der Waals surface area contributed by atoms with E-state index in [-0.39, 0.29) is 23.4 Å². The molecule has 0 N–H and O–H groups in total. The molecule has 0 spiro atoms. The number of ether oxygens (including phenoxy) is 4. The smallest absolute Gasteiger partial charge is 0.164 e. The van der Waals surface area contributed by atoms with Gasteiger partial charge in [0.05, 0.1) is 6.61 Å². The number of fused-ring (bicyclic) bond motifs is 1. The lowest BCUT2D eigenvalue weighted by atomic mass is 10.1. The fourth-order valence-corrected chi connectivity index (χ4v) is 3.15. The number of halogens is 1. The molecule has 2 heterocycles. The van der Waals surface area contributed by atoms with Gasteiger partial charge in [-0.15, -0.1) is 0 Å². The molecule has 0 amide bonds. The Morgan fingerprint density at radius 3 is 2.40 bits per heavy atom. The molecule has 0 aromatic rings. The summed E-state index contributed by atoms with van der Waals surface area (Å²) in [5.74, 6) is -0.589. The number of alkyl halides is 1. The van der Waals surface area contributed by atoms with E-state index in [0.717, 1.165) is 6.61 Å². The molecule has 0 bridgehead atoms. The quantitative estimate of drug-likeness (QED) is 0.576. The highest BCUT2D eigenvalue weighted by Gasteiger charge is 2.54. The maximum absolute atomic E-state index is 6.18. The summed E-state index contributed by atoms with van der Waals surface area (Å²) in [5, 5.41) is 0.282. The van der Waals surface area contributed by atoms with Crippen molar-refractivity contribution in [3.05, 3.63) is 0 Å². The maximum Gasteiger partial charge on any atom is 0.164 e. The minimum Gasteiger partial charge on any atom is -0.378 e. The second-order valence-corrected chi connectivity index (χ2v) is 11.6. The first-order valence-corrected chi connectivity index (χ1v) is 10.7. The van der Waals surface area contributed by atoms with Crippen LogP contribution in [-0.4, -0.2) is 51.7 Å². The molecular formula is C14H27ClO4Si.